The van der Waals surface area contributed by atoms with Crippen LogP contribution in [0.4, 0.5) is 0 Å². The van der Waals surface area contributed by atoms with E-state index in [1.165, 1.54) is 0 Å². The van der Waals surface area contributed by atoms with Crippen molar-refractivity contribution in [3.8, 4) is 5.75 Å². The number of carbonyl (C=O) groups excluding carboxylic acids is 2. The zero-order valence-corrected chi connectivity index (χ0v) is 14.5. The van der Waals surface area contributed by atoms with Crippen LogP contribution in [-0.2, 0) is 27.2 Å². The second-order valence-corrected chi connectivity index (χ2v) is 6.97. The number of fused-ring (bicyclic) bond motifs is 2. The van der Waals surface area contributed by atoms with E-state index < -0.39 is 5.60 Å². The highest BCUT2D eigenvalue weighted by Gasteiger charge is 2.26. The van der Waals surface area contributed by atoms with E-state index in [9.17, 15) is 9.59 Å². The van der Waals surface area contributed by atoms with Crippen LogP contribution in [0.1, 0.15) is 31.4 Å². The second kappa shape index (κ2) is 7.09. The van der Waals surface area contributed by atoms with Gasteiger partial charge in [0.1, 0.15) is 30.0 Å². The molecule has 0 saturated heterocycles. The predicted octanol–water partition coefficient (Wildman–Crippen LogP) is 3.50. The first-order chi connectivity index (χ1) is 12.0. The SMILES string of the molecule is CC1(C)Cc2ccc(CC=O)cc2O[C@@H]2C=CC(CC=O)=C/C2=C/O1. The average Bonchev–Trinajstić information content (AvgIpc) is 2.62. The van der Waals surface area contributed by atoms with Crippen molar-refractivity contribution in [3.05, 3.63) is 65.0 Å². The Morgan fingerprint density at radius 3 is 2.76 bits per heavy atom. The summed E-state index contributed by atoms with van der Waals surface area (Å²) in [6.45, 7) is 4.06. The average molecular weight is 338 g/mol. The van der Waals surface area contributed by atoms with Crippen LogP contribution in [-0.4, -0.2) is 24.3 Å². The van der Waals surface area contributed by atoms with Gasteiger partial charge >= 0.3 is 0 Å². The molecule has 0 radical (unpaired) electrons. The molecule has 4 nitrogen and oxygen atoms in total. The standard InChI is InChI=1S/C21H22O4/c1-21(2)13-17-5-3-16(8-10-23)12-20(17)25-19-6-4-15(7-9-22)11-18(19)14-24-21/h3-6,9-12,14,19H,7-8,13H2,1-2H3/b18-14-/t19-/m1/s1. The van der Waals surface area contributed by atoms with E-state index in [2.05, 4.69) is 0 Å². The van der Waals surface area contributed by atoms with E-state index in [1.807, 2.05) is 50.3 Å². The molecule has 0 spiro atoms. The van der Waals surface area contributed by atoms with Crippen LogP contribution in [0.5, 0.6) is 5.75 Å². The molecule has 0 N–H and O–H groups in total. The molecule has 0 fully saturated rings. The van der Waals surface area contributed by atoms with Crippen molar-refractivity contribution >= 4 is 12.6 Å². The number of rotatable bonds is 4. The van der Waals surface area contributed by atoms with Gasteiger partial charge in [0.15, 0.2) is 0 Å². The second-order valence-electron chi connectivity index (χ2n) is 6.97. The molecule has 1 aromatic rings. The van der Waals surface area contributed by atoms with Crippen LogP contribution in [0, 0.1) is 0 Å². The van der Waals surface area contributed by atoms with Gasteiger partial charge in [0.25, 0.3) is 0 Å². The minimum absolute atomic E-state index is 0.283. The molecule has 0 aromatic heterocycles. The molecule has 0 bridgehead atoms. The molecule has 4 heteroatoms. The fraction of sp³-hybridized carbons (Fsp3) is 0.333. The van der Waals surface area contributed by atoms with Gasteiger partial charge in [-0.25, -0.2) is 0 Å². The molecule has 25 heavy (non-hydrogen) atoms. The smallest absolute Gasteiger partial charge is 0.145 e. The fourth-order valence-corrected chi connectivity index (χ4v) is 3.04. The Morgan fingerprint density at radius 2 is 2.00 bits per heavy atom. The summed E-state index contributed by atoms with van der Waals surface area (Å²) in [5.74, 6) is 0.769. The number of ether oxygens (including phenoxy) is 2. The molecule has 1 aliphatic heterocycles. The van der Waals surface area contributed by atoms with Crippen LogP contribution < -0.4 is 4.74 Å². The van der Waals surface area contributed by atoms with Gasteiger partial charge in [-0.1, -0.05) is 18.2 Å². The van der Waals surface area contributed by atoms with Gasteiger partial charge in [0.05, 0.1) is 6.26 Å². The zero-order chi connectivity index (χ0) is 17.9. The van der Waals surface area contributed by atoms with Gasteiger partial charge in [-0.2, -0.15) is 0 Å². The van der Waals surface area contributed by atoms with E-state index >= 15 is 0 Å². The van der Waals surface area contributed by atoms with Gasteiger partial charge in [0, 0.05) is 24.8 Å². The first-order valence-electron chi connectivity index (χ1n) is 8.43. The van der Waals surface area contributed by atoms with Crippen molar-refractivity contribution in [2.75, 3.05) is 0 Å². The Labute approximate surface area is 147 Å². The predicted molar refractivity (Wildman–Crippen MR) is 95.5 cm³/mol. The molecule has 1 aliphatic carbocycles. The largest absolute Gasteiger partial charge is 0.495 e. The lowest BCUT2D eigenvalue weighted by Crippen LogP contribution is -2.25. The number of hydrogen-bond acceptors (Lipinski definition) is 4. The number of carbonyl (C=O) groups is 2. The van der Waals surface area contributed by atoms with Crippen molar-refractivity contribution in [2.45, 2.75) is 44.8 Å². The van der Waals surface area contributed by atoms with E-state index in [0.29, 0.717) is 19.3 Å². The van der Waals surface area contributed by atoms with Gasteiger partial charge in [-0.3, -0.25) is 0 Å². The van der Waals surface area contributed by atoms with Crippen molar-refractivity contribution < 1.29 is 19.1 Å². The van der Waals surface area contributed by atoms with Crippen LogP contribution in [0.3, 0.4) is 0 Å². The third kappa shape index (κ3) is 4.08. The molecule has 0 amide bonds. The number of aldehydes is 2. The monoisotopic (exact) mass is 338 g/mol. The van der Waals surface area contributed by atoms with Crippen LogP contribution in [0.25, 0.3) is 0 Å². The summed E-state index contributed by atoms with van der Waals surface area (Å²) in [4.78, 5) is 21.6. The molecular weight excluding hydrogens is 316 g/mol. The Balaban J connectivity index is 2.00. The lowest BCUT2D eigenvalue weighted by atomic mass is 9.96. The van der Waals surface area contributed by atoms with Crippen LogP contribution in [0.2, 0.25) is 0 Å². The summed E-state index contributed by atoms with van der Waals surface area (Å²) >= 11 is 0. The van der Waals surface area contributed by atoms with E-state index in [1.54, 1.807) is 6.26 Å². The molecule has 0 unspecified atom stereocenters. The molecular formula is C21H22O4. The van der Waals surface area contributed by atoms with E-state index in [0.717, 1.165) is 40.6 Å². The number of allylic oxidation sites excluding steroid dienone is 2. The maximum atomic E-state index is 10.8. The Kier molecular flexibility index (Phi) is 4.88. The van der Waals surface area contributed by atoms with Gasteiger partial charge in [-0.15, -0.1) is 0 Å². The topological polar surface area (TPSA) is 52.6 Å². The maximum absolute atomic E-state index is 10.8. The third-order valence-corrected chi connectivity index (χ3v) is 4.32. The van der Waals surface area contributed by atoms with Gasteiger partial charge in [0.2, 0.25) is 0 Å². The number of benzene rings is 1. The van der Waals surface area contributed by atoms with E-state index in [4.69, 9.17) is 9.47 Å². The van der Waals surface area contributed by atoms with Crippen LogP contribution >= 0.6 is 0 Å². The van der Waals surface area contributed by atoms with Crippen molar-refractivity contribution in [1.82, 2.24) is 0 Å². The first-order valence-corrected chi connectivity index (χ1v) is 8.43. The highest BCUT2D eigenvalue weighted by molar-refractivity contribution is 5.59. The highest BCUT2D eigenvalue weighted by Crippen LogP contribution is 2.32. The molecule has 1 atom stereocenters. The zero-order valence-electron chi connectivity index (χ0n) is 14.5. The third-order valence-electron chi connectivity index (χ3n) is 4.32. The lowest BCUT2D eigenvalue weighted by molar-refractivity contribution is -0.108. The van der Waals surface area contributed by atoms with Crippen LogP contribution in [0.15, 0.2) is 53.8 Å². The Morgan fingerprint density at radius 1 is 1.20 bits per heavy atom. The molecule has 1 heterocycles. The summed E-state index contributed by atoms with van der Waals surface area (Å²) in [5, 5.41) is 0. The molecule has 3 rings (SSSR count). The van der Waals surface area contributed by atoms with E-state index in [-0.39, 0.29) is 6.10 Å². The first kappa shape index (κ1) is 17.2. The molecule has 2 aliphatic rings. The molecule has 130 valence electrons. The summed E-state index contributed by atoms with van der Waals surface area (Å²) in [6, 6.07) is 5.89. The minimum Gasteiger partial charge on any atom is -0.495 e. The van der Waals surface area contributed by atoms with Gasteiger partial charge in [-0.05, 0) is 48.8 Å². The summed E-state index contributed by atoms with van der Waals surface area (Å²) in [6.07, 6.45) is 10.4. The Hall–Kier alpha value is -2.62. The fourth-order valence-electron chi connectivity index (χ4n) is 3.04. The quantitative estimate of drug-likeness (QED) is 0.789. The summed E-state index contributed by atoms with van der Waals surface area (Å²) < 4.78 is 12.3. The van der Waals surface area contributed by atoms with Crippen molar-refractivity contribution in [3.63, 3.8) is 0 Å². The Bertz CT molecular complexity index is 768. The maximum Gasteiger partial charge on any atom is 0.145 e. The summed E-state index contributed by atoms with van der Waals surface area (Å²) in [5.41, 5.74) is 3.38. The normalized spacial score (nSPS) is 23.0. The van der Waals surface area contributed by atoms with Crippen molar-refractivity contribution in [2.24, 2.45) is 0 Å². The lowest BCUT2D eigenvalue weighted by Gasteiger charge is -2.24. The highest BCUT2D eigenvalue weighted by atomic mass is 16.5. The summed E-state index contributed by atoms with van der Waals surface area (Å²) in [7, 11) is 0. The molecule has 0 saturated carbocycles. The number of hydrogen-bond donors (Lipinski definition) is 0. The van der Waals surface area contributed by atoms with Gasteiger partial charge < -0.3 is 19.1 Å². The minimum atomic E-state index is -0.397. The molecule has 1 aromatic carbocycles. The van der Waals surface area contributed by atoms with Crippen molar-refractivity contribution in [1.29, 1.82) is 0 Å².